The minimum absolute atomic E-state index is 0.0994. The molecule has 92 valence electrons. The van der Waals surface area contributed by atoms with E-state index in [9.17, 15) is 9.18 Å². The smallest absolute Gasteiger partial charge is 0.258 e. The maximum absolute atomic E-state index is 13.6. The Morgan fingerprint density at radius 1 is 1.59 bits per heavy atom. The molecule has 3 nitrogen and oxygen atoms in total. The van der Waals surface area contributed by atoms with E-state index in [1.54, 1.807) is 0 Å². The maximum Gasteiger partial charge on any atom is 0.258 e. The van der Waals surface area contributed by atoms with Crippen molar-refractivity contribution in [2.75, 3.05) is 13.2 Å². The number of hydrogen-bond donors (Lipinski definition) is 1. The lowest BCUT2D eigenvalue weighted by Gasteiger charge is -2.23. The maximum atomic E-state index is 13.6. The third-order valence-corrected chi connectivity index (χ3v) is 3.34. The van der Waals surface area contributed by atoms with Crippen molar-refractivity contribution in [1.29, 1.82) is 0 Å². The molecule has 0 saturated carbocycles. The topological polar surface area (TPSA) is 40.5 Å². The molecule has 5 heteroatoms. The van der Waals surface area contributed by atoms with E-state index in [4.69, 9.17) is 16.7 Å². The van der Waals surface area contributed by atoms with Gasteiger partial charge in [-0.2, -0.15) is 0 Å². The summed E-state index contributed by atoms with van der Waals surface area (Å²) in [5, 5.41) is 9.26. The Bertz CT molecular complexity index is 418. The molecular formula is C12H13ClFNO2. The quantitative estimate of drug-likeness (QED) is 0.881. The highest BCUT2D eigenvalue weighted by atomic mass is 35.5. The molecule has 1 N–H and O–H groups in total. The van der Waals surface area contributed by atoms with E-state index in [2.05, 4.69) is 0 Å². The average Bonchev–Trinajstić information content (AvgIpc) is 2.76. The van der Waals surface area contributed by atoms with Crippen LogP contribution in [0, 0.1) is 5.82 Å². The molecule has 1 amide bonds. The van der Waals surface area contributed by atoms with Gasteiger partial charge in [0.2, 0.25) is 0 Å². The molecule has 17 heavy (non-hydrogen) atoms. The number of aliphatic hydroxyl groups is 1. The summed E-state index contributed by atoms with van der Waals surface area (Å²) in [5.74, 6) is -1.06. The first-order valence-corrected chi connectivity index (χ1v) is 5.88. The number of rotatable bonds is 2. The van der Waals surface area contributed by atoms with Gasteiger partial charge in [0.15, 0.2) is 0 Å². The van der Waals surface area contributed by atoms with E-state index < -0.39 is 11.7 Å². The van der Waals surface area contributed by atoms with E-state index in [-0.39, 0.29) is 23.2 Å². The van der Waals surface area contributed by atoms with Crippen molar-refractivity contribution in [2.24, 2.45) is 0 Å². The van der Waals surface area contributed by atoms with Gasteiger partial charge in [0.25, 0.3) is 5.91 Å². The number of likely N-dealkylation sites (tertiary alicyclic amines) is 1. The second-order valence-corrected chi connectivity index (χ2v) is 4.48. The molecule has 0 spiro atoms. The number of amides is 1. The van der Waals surface area contributed by atoms with Crippen LogP contribution < -0.4 is 0 Å². The summed E-state index contributed by atoms with van der Waals surface area (Å²) in [6.45, 7) is 0.437. The Hall–Kier alpha value is -1.13. The molecule has 1 aliphatic heterocycles. The van der Waals surface area contributed by atoms with Crippen molar-refractivity contribution in [2.45, 2.75) is 18.9 Å². The SMILES string of the molecule is O=C(c1c(F)cccc1Cl)N1CCCC1CO. The fourth-order valence-electron chi connectivity index (χ4n) is 2.14. The van der Waals surface area contributed by atoms with Crippen LogP contribution in [0.2, 0.25) is 5.02 Å². The van der Waals surface area contributed by atoms with Gasteiger partial charge in [0.05, 0.1) is 23.2 Å². The zero-order valence-electron chi connectivity index (χ0n) is 9.20. The Balaban J connectivity index is 2.31. The van der Waals surface area contributed by atoms with E-state index in [0.29, 0.717) is 6.54 Å². The number of benzene rings is 1. The van der Waals surface area contributed by atoms with Crippen LogP contribution in [0.15, 0.2) is 18.2 Å². The minimum atomic E-state index is -0.619. The van der Waals surface area contributed by atoms with Crippen LogP contribution in [0.3, 0.4) is 0 Å². The summed E-state index contributed by atoms with van der Waals surface area (Å²) in [5.41, 5.74) is -0.102. The third kappa shape index (κ3) is 2.28. The molecule has 0 aromatic heterocycles. The molecule has 1 fully saturated rings. The van der Waals surface area contributed by atoms with Gasteiger partial charge in [-0.05, 0) is 25.0 Å². The van der Waals surface area contributed by atoms with Gasteiger partial charge in [-0.25, -0.2) is 4.39 Å². The summed E-state index contributed by atoms with van der Waals surface area (Å²) in [6, 6.07) is 3.94. The highest BCUT2D eigenvalue weighted by molar-refractivity contribution is 6.33. The molecule has 1 unspecified atom stereocenters. The van der Waals surface area contributed by atoms with Crippen molar-refractivity contribution >= 4 is 17.5 Å². The van der Waals surface area contributed by atoms with Gasteiger partial charge in [-0.1, -0.05) is 17.7 Å². The molecule has 0 radical (unpaired) electrons. The lowest BCUT2D eigenvalue weighted by molar-refractivity contribution is 0.0673. The van der Waals surface area contributed by atoms with E-state index in [1.807, 2.05) is 0 Å². The Morgan fingerprint density at radius 2 is 2.35 bits per heavy atom. The number of nitrogens with zero attached hydrogens (tertiary/aromatic N) is 1. The van der Waals surface area contributed by atoms with Crippen LogP contribution in [-0.4, -0.2) is 35.1 Å². The first kappa shape index (κ1) is 12.3. The summed E-state index contributed by atoms with van der Waals surface area (Å²) >= 11 is 5.84. The Morgan fingerprint density at radius 3 is 3.00 bits per heavy atom. The highest BCUT2D eigenvalue weighted by Gasteiger charge is 2.31. The van der Waals surface area contributed by atoms with Crippen LogP contribution >= 0.6 is 11.6 Å². The summed E-state index contributed by atoms with van der Waals surface area (Å²) < 4.78 is 13.6. The summed E-state index contributed by atoms with van der Waals surface area (Å²) in [4.78, 5) is 13.6. The monoisotopic (exact) mass is 257 g/mol. The number of halogens is 2. The van der Waals surface area contributed by atoms with E-state index in [1.165, 1.54) is 23.1 Å². The second-order valence-electron chi connectivity index (χ2n) is 4.07. The largest absolute Gasteiger partial charge is 0.394 e. The number of carbonyl (C=O) groups is 1. The fraction of sp³-hybridized carbons (Fsp3) is 0.417. The Labute approximate surface area is 104 Å². The molecule has 1 atom stereocenters. The van der Waals surface area contributed by atoms with Gasteiger partial charge in [-0.15, -0.1) is 0 Å². The van der Waals surface area contributed by atoms with Crippen LogP contribution in [0.25, 0.3) is 0 Å². The van der Waals surface area contributed by atoms with Gasteiger partial charge in [0, 0.05) is 6.54 Å². The van der Waals surface area contributed by atoms with Gasteiger partial charge in [-0.3, -0.25) is 4.79 Å². The average molecular weight is 258 g/mol. The van der Waals surface area contributed by atoms with Crippen molar-refractivity contribution in [3.63, 3.8) is 0 Å². The first-order chi connectivity index (χ1) is 8.15. The lowest BCUT2D eigenvalue weighted by Crippen LogP contribution is -2.38. The molecule has 2 rings (SSSR count). The standard InChI is InChI=1S/C12H13ClFNO2/c13-9-4-1-5-10(14)11(9)12(17)15-6-2-3-8(15)7-16/h1,4-5,8,16H,2-3,6-7H2. The predicted molar refractivity (Wildman–Crippen MR) is 62.6 cm³/mol. The van der Waals surface area contributed by atoms with Gasteiger partial charge < -0.3 is 10.0 Å². The fourth-order valence-corrected chi connectivity index (χ4v) is 2.38. The van der Waals surface area contributed by atoms with Crippen LogP contribution in [-0.2, 0) is 0 Å². The van der Waals surface area contributed by atoms with Gasteiger partial charge >= 0.3 is 0 Å². The van der Waals surface area contributed by atoms with Crippen LogP contribution in [0.4, 0.5) is 4.39 Å². The highest BCUT2D eigenvalue weighted by Crippen LogP contribution is 2.25. The normalized spacial score (nSPS) is 19.7. The van der Waals surface area contributed by atoms with E-state index in [0.717, 1.165) is 12.8 Å². The number of aliphatic hydroxyl groups excluding tert-OH is 1. The molecule has 1 aromatic carbocycles. The first-order valence-electron chi connectivity index (χ1n) is 5.51. The molecule has 1 aliphatic rings. The van der Waals surface area contributed by atoms with Crippen molar-refractivity contribution < 1.29 is 14.3 Å². The minimum Gasteiger partial charge on any atom is -0.394 e. The van der Waals surface area contributed by atoms with Crippen molar-refractivity contribution in [1.82, 2.24) is 4.90 Å². The molecule has 1 aromatic rings. The summed E-state index contributed by atoms with van der Waals surface area (Å²) in [6.07, 6.45) is 1.57. The zero-order valence-corrected chi connectivity index (χ0v) is 9.95. The lowest BCUT2D eigenvalue weighted by atomic mass is 10.1. The van der Waals surface area contributed by atoms with E-state index >= 15 is 0 Å². The van der Waals surface area contributed by atoms with Crippen LogP contribution in [0.5, 0.6) is 0 Å². The predicted octanol–water partition coefficient (Wildman–Crippen LogP) is 2.08. The van der Waals surface area contributed by atoms with Crippen LogP contribution in [0.1, 0.15) is 23.2 Å². The molecule has 1 saturated heterocycles. The second kappa shape index (κ2) is 5.02. The van der Waals surface area contributed by atoms with Gasteiger partial charge in [0.1, 0.15) is 5.82 Å². The molecule has 0 aliphatic carbocycles. The van der Waals surface area contributed by atoms with Crippen molar-refractivity contribution in [3.8, 4) is 0 Å². The Kier molecular flexibility index (Phi) is 3.64. The number of carbonyl (C=O) groups excluding carboxylic acids is 1. The number of hydrogen-bond acceptors (Lipinski definition) is 2. The molecule has 1 heterocycles. The third-order valence-electron chi connectivity index (χ3n) is 3.03. The molecule has 0 bridgehead atoms. The zero-order chi connectivity index (χ0) is 12.4. The summed E-state index contributed by atoms with van der Waals surface area (Å²) in [7, 11) is 0. The van der Waals surface area contributed by atoms with Crippen molar-refractivity contribution in [3.05, 3.63) is 34.6 Å². The molecular weight excluding hydrogens is 245 g/mol.